The molecule has 0 saturated heterocycles. The minimum absolute atomic E-state index is 0.0416. The molecule has 0 spiro atoms. The monoisotopic (exact) mass is 504 g/mol. The Balaban J connectivity index is 1.21. The van der Waals surface area contributed by atoms with Gasteiger partial charge in [0, 0.05) is 6.42 Å². The molecule has 1 aliphatic carbocycles. The molecule has 38 heavy (non-hydrogen) atoms. The lowest BCUT2D eigenvalue weighted by atomic mass is 10.0. The van der Waals surface area contributed by atoms with Gasteiger partial charge in [-0.3, -0.25) is 0 Å². The normalized spacial score (nSPS) is 18.7. The van der Waals surface area contributed by atoms with Crippen molar-refractivity contribution in [2.24, 2.45) is 5.92 Å². The van der Waals surface area contributed by atoms with E-state index < -0.39 is 30.1 Å². The van der Waals surface area contributed by atoms with Crippen LogP contribution in [0.3, 0.4) is 0 Å². The number of aliphatic hydroxyl groups excluding tert-OH is 1. The standard InChI is InChI=1S/C33H28O5/c1-22-29(21-37-32(35)27-16-12-25(13-17-27)23-8-4-2-5-9-23)31(20-30(22)34)38-33(36)28-18-14-26(15-19-28)24-10-6-3-7-11-24/h2-19,29-31,34H,1,20-21H2/t29-,30+,31-/m0/s1. The van der Waals surface area contributed by atoms with Crippen LogP contribution in [0, 0.1) is 5.92 Å². The van der Waals surface area contributed by atoms with Gasteiger partial charge in [0.1, 0.15) is 12.7 Å². The molecule has 190 valence electrons. The maximum Gasteiger partial charge on any atom is 0.338 e. The Morgan fingerprint density at radius 3 is 1.63 bits per heavy atom. The van der Waals surface area contributed by atoms with Crippen LogP contribution in [-0.2, 0) is 9.47 Å². The van der Waals surface area contributed by atoms with E-state index in [-0.39, 0.29) is 13.0 Å². The summed E-state index contributed by atoms with van der Waals surface area (Å²) in [4.78, 5) is 25.6. The van der Waals surface area contributed by atoms with Gasteiger partial charge in [-0.1, -0.05) is 91.5 Å². The van der Waals surface area contributed by atoms with Gasteiger partial charge in [0.05, 0.1) is 23.1 Å². The fraction of sp³-hybridized carbons (Fsp3) is 0.152. The highest BCUT2D eigenvalue weighted by Gasteiger charge is 2.40. The lowest BCUT2D eigenvalue weighted by Crippen LogP contribution is -2.27. The van der Waals surface area contributed by atoms with Crippen molar-refractivity contribution < 1.29 is 24.2 Å². The average Bonchev–Trinajstić information content (AvgIpc) is 3.24. The Bertz CT molecular complexity index is 1410. The molecular weight excluding hydrogens is 476 g/mol. The van der Waals surface area contributed by atoms with Gasteiger partial charge < -0.3 is 14.6 Å². The second-order valence-electron chi connectivity index (χ2n) is 9.36. The number of hydrogen-bond acceptors (Lipinski definition) is 5. The fourth-order valence-electron chi connectivity index (χ4n) is 4.68. The minimum Gasteiger partial charge on any atom is -0.461 e. The Morgan fingerprint density at radius 1 is 0.684 bits per heavy atom. The molecule has 1 fully saturated rings. The molecule has 5 heteroatoms. The molecule has 0 radical (unpaired) electrons. The zero-order chi connectivity index (χ0) is 26.5. The van der Waals surface area contributed by atoms with Crippen LogP contribution < -0.4 is 0 Å². The van der Waals surface area contributed by atoms with E-state index in [4.69, 9.17) is 9.47 Å². The fourth-order valence-corrected chi connectivity index (χ4v) is 4.68. The molecule has 5 nitrogen and oxygen atoms in total. The number of benzene rings is 4. The van der Waals surface area contributed by atoms with Crippen LogP contribution in [0.2, 0.25) is 0 Å². The molecule has 1 N–H and O–H groups in total. The summed E-state index contributed by atoms with van der Waals surface area (Å²) in [5.74, 6) is -1.48. The van der Waals surface area contributed by atoms with Crippen LogP contribution in [-0.4, -0.2) is 35.9 Å². The minimum atomic E-state index is -0.831. The van der Waals surface area contributed by atoms with E-state index in [9.17, 15) is 14.7 Å². The van der Waals surface area contributed by atoms with Gasteiger partial charge in [0.25, 0.3) is 0 Å². The molecule has 0 unspecified atom stereocenters. The second kappa shape index (κ2) is 11.3. The van der Waals surface area contributed by atoms with Gasteiger partial charge in [-0.05, 0) is 52.1 Å². The van der Waals surface area contributed by atoms with E-state index in [0.717, 1.165) is 22.3 Å². The van der Waals surface area contributed by atoms with Crippen LogP contribution in [0.5, 0.6) is 0 Å². The summed E-state index contributed by atoms with van der Waals surface area (Å²) < 4.78 is 11.3. The highest BCUT2D eigenvalue weighted by atomic mass is 16.6. The molecule has 3 atom stereocenters. The lowest BCUT2D eigenvalue weighted by molar-refractivity contribution is 0.00723. The largest absolute Gasteiger partial charge is 0.461 e. The van der Waals surface area contributed by atoms with Gasteiger partial charge >= 0.3 is 11.9 Å². The highest BCUT2D eigenvalue weighted by Crippen LogP contribution is 2.34. The third-order valence-electron chi connectivity index (χ3n) is 6.92. The second-order valence-corrected chi connectivity index (χ2v) is 9.36. The predicted octanol–water partition coefficient (Wildman–Crippen LogP) is 6.34. The van der Waals surface area contributed by atoms with E-state index in [2.05, 4.69) is 6.58 Å². The third kappa shape index (κ3) is 5.58. The first-order valence-corrected chi connectivity index (χ1v) is 12.6. The summed E-state index contributed by atoms with van der Waals surface area (Å²) in [6.07, 6.45) is -1.27. The summed E-state index contributed by atoms with van der Waals surface area (Å²) in [6, 6.07) is 34.1. The van der Waals surface area contributed by atoms with Crippen LogP contribution in [0.15, 0.2) is 121 Å². The number of carbonyl (C=O) groups is 2. The molecular formula is C33H28O5. The van der Waals surface area contributed by atoms with E-state index >= 15 is 0 Å². The molecule has 5 rings (SSSR count). The summed E-state index contributed by atoms with van der Waals surface area (Å²) in [5, 5.41) is 10.4. The number of carbonyl (C=O) groups excluding carboxylic acids is 2. The summed E-state index contributed by atoms with van der Waals surface area (Å²) in [5.41, 5.74) is 5.43. The molecule has 1 saturated carbocycles. The predicted molar refractivity (Wildman–Crippen MR) is 146 cm³/mol. The van der Waals surface area contributed by atoms with Gasteiger partial charge in [-0.25, -0.2) is 9.59 Å². The van der Waals surface area contributed by atoms with Crippen molar-refractivity contribution in [1.29, 1.82) is 0 Å². The molecule has 0 bridgehead atoms. The SMILES string of the molecule is C=C1[C@H](O)C[C@H](OC(=O)c2ccc(-c3ccccc3)cc2)[C@H]1COC(=O)c1ccc(-c2ccccc2)cc1. The number of aliphatic hydroxyl groups is 1. The third-order valence-corrected chi connectivity index (χ3v) is 6.92. The molecule has 0 amide bonds. The van der Waals surface area contributed by atoms with Gasteiger partial charge in [0.15, 0.2) is 0 Å². The Labute approximate surface area is 222 Å². The number of esters is 2. The van der Waals surface area contributed by atoms with Crippen LogP contribution in [0.25, 0.3) is 22.3 Å². The summed E-state index contributed by atoms with van der Waals surface area (Å²) in [6.45, 7) is 3.91. The van der Waals surface area contributed by atoms with E-state index in [0.29, 0.717) is 16.7 Å². The van der Waals surface area contributed by atoms with Crippen LogP contribution in [0.1, 0.15) is 27.1 Å². The zero-order valence-corrected chi connectivity index (χ0v) is 20.8. The van der Waals surface area contributed by atoms with E-state index in [1.165, 1.54) is 0 Å². The maximum absolute atomic E-state index is 12.9. The van der Waals surface area contributed by atoms with Crippen molar-refractivity contribution in [3.05, 3.63) is 132 Å². The van der Waals surface area contributed by atoms with Crippen molar-refractivity contribution in [2.75, 3.05) is 6.61 Å². The summed E-state index contributed by atoms with van der Waals surface area (Å²) in [7, 11) is 0. The van der Waals surface area contributed by atoms with Crippen LogP contribution in [0.4, 0.5) is 0 Å². The van der Waals surface area contributed by atoms with Gasteiger partial charge in [-0.2, -0.15) is 0 Å². The van der Waals surface area contributed by atoms with Gasteiger partial charge in [0.2, 0.25) is 0 Å². The topological polar surface area (TPSA) is 72.8 Å². The summed E-state index contributed by atoms with van der Waals surface area (Å²) >= 11 is 0. The maximum atomic E-state index is 12.9. The molecule has 4 aromatic carbocycles. The molecule has 1 aliphatic rings. The first-order chi connectivity index (χ1) is 18.5. The Hall–Kier alpha value is -4.48. The van der Waals surface area contributed by atoms with Crippen molar-refractivity contribution in [2.45, 2.75) is 18.6 Å². The molecule has 0 aromatic heterocycles. The first-order valence-electron chi connectivity index (χ1n) is 12.6. The highest BCUT2D eigenvalue weighted by molar-refractivity contribution is 5.91. The Kier molecular flexibility index (Phi) is 7.47. The van der Waals surface area contributed by atoms with E-state index in [1.54, 1.807) is 24.3 Å². The molecule has 0 aliphatic heterocycles. The van der Waals surface area contributed by atoms with Crippen LogP contribution >= 0.6 is 0 Å². The zero-order valence-electron chi connectivity index (χ0n) is 20.8. The quantitative estimate of drug-likeness (QED) is 0.235. The van der Waals surface area contributed by atoms with Gasteiger partial charge in [-0.15, -0.1) is 0 Å². The Morgan fingerprint density at radius 2 is 1.13 bits per heavy atom. The smallest absolute Gasteiger partial charge is 0.338 e. The first kappa shape index (κ1) is 25.2. The van der Waals surface area contributed by atoms with E-state index in [1.807, 2.05) is 84.9 Å². The number of ether oxygens (including phenoxy) is 2. The van der Waals surface area contributed by atoms with Crippen molar-refractivity contribution in [1.82, 2.24) is 0 Å². The van der Waals surface area contributed by atoms with Crippen molar-refractivity contribution >= 4 is 11.9 Å². The van der Waals surface area contributed by atoms with Crippen molar-refractivity contribution in [3.63, 3.8) is 0 Å². The average molecular weight is 505 g/mol. The van der Waals surface area contributed by atoms with Crippen molar-refractivity contribution in [3.8, 4) is 22.3 Å². The molecule has 0 heterocycles. The number of hydrogen-bond donors (Lipinski definition) is 1. The number of rotatable bonds is 7. The lowest BCUT2D eigenvalue weighted by Gasteiger charge is -2.20. The molecule has 4 aromatic rings.